The Bertz CT molecular complexity index is 1320. The molecule has 5 rings (SSSR count). The molecule has 2 saturated heterocycles. The van der Waals surface area contributed by atoms with Crippen molar-refractivity contribution in [2.45, 2.75) is 6.42 Å². The number of phenolic OH excluding ortho intramolecular Hbond substituents is 1. The molecule has 2 N–H and O–H groups in total. The van der Waals surface area contributed by atoms with E-state index in [2.05, 4.69) is 20.2 Å². The second-order valence-corrected chi connectivity index (χ2v) is 9.98. The highest BCUT2D eigenvalue weighted by molar-refractivity contribution is 5.96. The van der Waals surface area contributed by atoms with Crippen LogP contribution in [-0.4, -0.2) is 89.2 Å². The Kier molecular flexibility index (Phi) is 7.69. The Hall–Kier alpha value is -4.12. The molecule has 0 saturated carbocycles. The van der Waals surface area contributed by atoms with E-state index < -0.39 is 29.6 Å². The maximum Gasteiger partial charge on any atom is 0.236 e. The van der Waals surface area contributed by atoms with Crippen LogP contribution in [0.1, 0.15) is 6.42 Å². The van der Waals surface area contributed by atoms with E-state index >= 15 is 0 Å². The van der Waals surface area contributed by atoms with Crippen LogP contribution >= 0.6 is 0 Å². The third kappa shape index (κ3) is 5.83. The van der Waals surface area contributed by atoms with Crippen LogP contribution in [0.5, 0.6) is 5.75 Å². The second-order valence-electron chi connectivity index (χ2n) is 9.98. The number of piperazine rings is 1. The van der Waals surface area contributed by atoms with Gasteiger partial charge in [-0.2, -0.15) is 0 Å². The number of amides is 2. The summed E-state index contributed by atoms with van der Waals surface area (Å²) in [6.07, 6.45) is 3.67. The highest BCUT2D eigenvalue weighted by atomic mass is 19.1. The van der Waals surface area contributed by atoms with E-state index in [1.54, 1.807) is 28.3 Å². The number of nitrogens with zero attached hydrogens (tertiary/aromatic N) is 5. The molecule has 2 aliphatic rings. The van der Waals surface area contributed by atoms with Crippen LogP contribution in [0.25, 0.3) is 11.4 Å². The van der Waals surface area contributed by atoms with Crippen LogP contribution in [0.2, 0.25) is 0 Å². The van der Waals surface area contributed by atoms with Gasteiger partial charge in [0.15, 0.2) is 17.4 Å². The summed E-state index contributed by atoms with van der Waals surface area (Å²) in [6.45, 7) is 2.23. The van der Waals surface area contributed by atoms with Crippen LogP contribution in [0.4, 0.5) is 20.2 Å². The molecule has 1 unspecified atom stereocenters. The molecule has 0 radical (unpaired) electrons. The van der Waals surface area contributed by atoms with Crippen molar-refractivity contribution in [2.75, 3.05) is 62.7 Å². The first-order chi connectivity index (χ1) is 18.9. The van der Waals surface area contributed by atoms with Crippen molar-refractivity contribution < 1.29 is 23.5 Å². The van der Waals surface area contributed by atoms with E-state index in [0.29, 0.717) is 38.5 Å². The molecule has 2 fully saturated rings. The number of likely N-dealkylation sites (tertiary alicyclic amines) is 1. The van der Waals surface area contributed by atoms with Crippen molar-refractivity contribution in [3.63, 3.8) is 0 Å². The van der Waals surface area contributed by atoms with Gasteiger partial charge >= 0.3 is 0 Å². The fraction of sp³-hybridized carbons (Fsp3) is 0.357. The van der Waals surface area contributed by atoms with E-state index in [1.165, 1.54) is 6.07 Å². The standard InChI is InChI=1S/C28H30F2N6O3/c29-18-28(27(39)33-21-4-7-24(37)23(30)16-21)8-11-34(19-28)17-25(38)36-14-12-35(13-15-36)22-5-2-20(3-6-22)26-31-9-1-10-32-26/h1-7,9-10,16,37H,8,11-15,17-19H2,(H,33,39). The number of carbonyl (C=O) groups is 2. The fourth-order valence-corrected chi connectivity index (χ4v) is 5.07. The lowest BCUT2D eigenvalue weighted by atomic mass is 9.87. The molecule has 2 aliphatic heterocycles. The zero-order valence-electron chi connectivity index (χ0n) is 21.4. The molecular formula is C28H30F2N6O3. The molecule has 2 amide bonds. The lowest BCUT2D eigenvalue weighted by Crippen LogP contribution is -2.51. The van der Waals surface area contributed by atoms with Crippen molar-refractivity contribution >= 4 is 23.2 Å². The first kappa shape index (κ1) is 26.5. The molecule has 0 spiro atoms. The maximum atomic E-state index is 14.1. The number of alkyl halides is 1. The van der Waals surface area contributed by atoms with E-state index in [4.69, 9.17) is 0 Å². The minimum atomic E-state index is -1.32. The summed E-state index contributed by atoms with van der Waals surface area (Å²) in [7, 11) is 0. The number of aromatic nitrogens is 2. The Balaban J connectivity index is 1.12. The smallest absolute Gasteiger partial charge is 0.236 e. The second kappa shape index (κ2) is 11.3. The van der Waals surface area contributed by atoms with Crippen molar-refractivity contribution in [3.05, 3.63) is 66.7 Å². The molecule has 9 nitrogen and oxygen atoms in total. The minimum Gasteiger partial charge on any atom is -0.505 e. The molecule has 0 bridgehead atoms. The number of aromatic hydroxyl groups is 1. The summed E-state index contributed by atoms with van der Waals surface area (Å²) in [4.78, 5) is 40.3. The zero-order chi connectivity index (χ0) is 27.4. The van der Waals surface area contributed by atoms with Crippen molar-refractivity contribution in [1.82, 2.24) is 19.8 Å². The van der Waals surface area contributed by atoms with Crippen LogP contribution in [-0.2, 0) is 9.59 Å². The molecule has 1 atom stereocenters. The molecule has 11 heteroatoms. The topological polar surface area (TPSA) is 102 Å². The highest BCUT2D eigenvalue weighted by Crippen LogP contribution is 2.33. The Morgan fingerprint density at radius 1 is 1.00 bits per heavy atom. The van der Waals surface area contributed by atoms with Gasteiger partial charge in [0.1, 0.15) is 6.67 Å². The van der Waals surface area contributed by atoms with Gasteiger partial charge < -0.3 is 20.2 Å². The summed E-state index contributed by atoms with van der Waals surface area (Å²) in [5.74, 6) is -1.36. The number of anilines is 2. The quantitative estimate of drug-likeness (QED) is 0.448. The normalized spacial score (nSPS) is 19.7. The number of nitrogens with one attached hydrogen (secondary N) is 1. The van der Waals surface area contributed by atoms with E-state index in [1.807, 2.05) is 24.3 Å². The third-order valence-corrected chi connectivity index (χ3v) is 7.42. The zero-order valence-corrected chi connectivity index (χ0v) is 21.4. The number of rotatable bonds is 7. The van der Waals surface area contributed by atoms with Gasteiger partial charge in [-0.3, -0.25) is 14.5 Å². The number of halogens is 2. The van der Waals surface area contributed by atoms with Crippen LogP contribution in [0, 0.1) is 11.2 Å². The molecule has 1 aromatic heterocycles. The molecule has 3 aromatic rings. The maximum absolute atomic E-state index is 14.1. The number of phenols is 1. The summed E-state index contributed by atoms with van der Waals surface area (Å²) in [6, 6.07) is 13.3. The summed E-state index contributed by atoms with van der Waals surface area (Å²) in [5, 5.41) is 11.9. The van der Waals surface area contributed by atoms with Gasteiger partial charge in [-0.1, -0.05) is 0 Å². The van der Waals surface area contributed by atoms with Gasteiger partial charge in [0.25, 0.3) is 0 Å². The summed E-state index contributed by atoms with van der Waals surface area (Å²) < 4.78 is 27.8. The summed E-state index contributed by atoms with van der Waals surface area (Å²) in [5.41, 5.74) is 0.823. The predicted molar refractivity (Wildman–Crippen MR) is 142 cm³/mol. The number of benzene rings is 2. The fourth-order valence-electron chi connectivity index (χ4n) is 5.07. The average Bonchev–Trinajstić information content (AvgIpc) is 3.40. The predicted octanol–water partition coefficient (Wildman–Crippen LogP) is 2.94. The first-order valence-electron chi connectivity index (χ1n) is 12.9. The molecule has 39 heavy (non-hydrogen) atoms. The van der Waals surface area contributed by atoms with Gasteiger partial charge in [-0.25, -0.2) is 18.7 Å². The third-order valence-electron chi connectivity index (χ3n) is 7.42. The molecule has 3 heterocycles. The van der Waals surface area contributed by atoms with Crippen LogP contribution < -0.4 is 10.2 Å². The van der Waals surface area contributed by atoms with Crippen molar-refractivity contribution in [1.29, 1.82) is 0 Å². The van der Waals surface area contributed by atoms with Crippen LogP contribution in [0.15, 0.2) is 60.9 Å². The Morgan fingerprint density at radius 3 is 2.38 bits per heavy atom. The monoisotopic (exact) mass is 536 g/mol. The SMILES string of the molecule is O=C(CN1CCC(CF)(C(=O)Nc2ccc(O)c(F)c2)C1)N1CCN(c2ccc(-c3ncccn3)cc2)CC1. The van der Waals surface area contributed by atoms with Gasteiger partial charge in [0, 0.05) is 68.1 Å². The average molecular weight is 537 g/mol. The molecule has 204 valence electrons. The van der Waals surface area contributed by atoms with Crippen molar-refractivity contribution in [2.24, 2.45) is 5.41 Å². The summed E-state index contributed by atoms with van der Waals surface area (Å²) >= 11 is 0. The molecule has 0 aliphatic carbocycles. The van der Waals surface area contributed by atoms with Gasteiger partial charge in [0.2, 0.25) is 11.8 Å². The van der Waals surface area contributed by atoms with E-state index in [-0.39, 0.29) is 31.1 Å². The molecular weight excluding hydrogens is 506 g/mol. The minimum absolute atomic E-state index is 0.0538. The van der Waals surface area contributed by atoms with Gasteiger partial charge in [-0.15, -0.1) is 0 Å². The Morgan fingerprint density at radius 2 is 1.72 bits per heavy atom. The van der Waals surface area contributed by atoms with E-state index in [9.17, 15) is 23.5 Å². The van der Waals surface area contributed by atoms with Gasteiger partial charge in [-0.05, 0) is 55.4 Å². The van der Waals surface area contributed by atoms with Gasteiger partial charge in [0.05, 0.1) is 12.0 Å². The lowest BCUT2D eigenvalue weighted by molar-refractivity contribution is -0.133. The number of hydrogen-bond acceptors (Lipinski definition) is 7. The first-order valence-corrected chi connectivity index (χ1v) is 12.9. The van der Waals surface area contributed by atoms with Crippen LogP contribution in [0.3, 0.4) is 0 Å². The number of carbonyl (C=O) groups excluding carboxylic acids is 2. The molecule has 2 aromatic carbocycles. The lowest BCUT2D eigenvalue weighted by Gasteiger charge is -2.37. The largest absolute Gasteiger partial charge is 0.505 e. The van der Waals surface area contributed by atoms with E-state index in [0.717, 1.165) is 23.4 Å². The number of hydrogen-bond donors (Lipinski definition) is 2. The Labute approximate surface area is 225 Å². The highest BCUT2D eigenvalue weighted by Gasteiger charge is 2.45. The van der Waals surface area contributed by atoms with Crippen molar-refractivity contribution in [3.8, 4) is 17.1 Å².